The van der Waals surface area contributed by atoms with Gasteiger partial charge in [-0.2, -0.15) is 0 Å². The molecule has 0 bridgehead atoms. The van der Waals surface area contributed by atoms with Crippen molar-refractivity contribution in [3.8, 4) is 0 Å². The van der Waals surface area contributed by atoms with E-state index in [-0.39, 0.29) is 17.9 Å². The van der Waals surface area contributed by atoms with Gasteiger partial charge in [0.15, 0.2) is 0 Å². The second kappa shape index (κ2) is 7.04. The topological polar surface area (TPSA) is 61.4 Å². The highest BCUT2D eigenvalue weighted by molar-refractivity contribution is 9.10. The average molecular weight is 354 g/mol. The van der Waals surface area contributed by atoms with Crippen LogP contribution >= 0.6 is 15.9 Å². The number of nitrogens with zero attached hydrogens (tertiary/aromatic N) is 1. The minimum Gasteiger partial charge on any atom is -0.341 e. The molecule has 6 heteroatoms. The molecule has 2 rings (SSSR count). The predicted octanol–water partition coefficient (Wildman–Crippen LogP) is 1.39. The zero-order chi connectivity index (χ0) is 15.4. The fourth-order valence-electron chi connectivity index (χ4n) is 2.36. The van der Waals surface area contributed by atoms with E-state index in [1.807, 2.05) is 11.8 Å². The fourth-order valence-corrected chi connectivity index (χ4v) is 2.62. The molecule has 0 radical (unpaired) electrons. The standard InChI is InChI=1S/C15H20BrN3O2/c1-10-9-17-7-8-19(10)15(21)11(2)18-14(20)12-3-5-13(16)6-4-12/h3-6,10-11,17H,7-9H2,1-2H3,(H,18,20)/t10-,11?/m0/s1. The van der Waals surface area contributed by atoms with Gasteiger partial charge in [0.25, 0.3) is 5.91 Å². The van der Waals surface area contributed by atoms with Crippen LogP contribution in [0.3, 0.4) is 0 Å². The SMILES string of the molecule is CC(NC(=O)c1ccc(Br)cc1)C(=O)N1CCNC[C@@H]1C. The molecule has 0 aromatic heterocycles. The number of amides is 2. The van der Waals surface area contributed by atoms with Gasteiger partial charge in [-0.05, 0) is 38.1 Å². The van der Waals surface area contributed by atoms with Crippen molar-refractivity contribution in [1.29, 1.82) is 0 Å². The van der Waals surface area contributed by atoms with Gasteiger partial charge < -0.3 is 15.5 Å². The predicted molar refractivity (Wildman–Crippen MR) is 85.1 cm³/mol. The number of piperazine rings is 1. The zero-order valence-electron chi connectivity index (χ0n) is 12.2. The Morgan fingerprint density at radius 3 is 2.67 bits per heavy atom. The molecule has 1 unspecified atom stereocenters. The summed E-state index contributed by atoms with van der Waals surface area (Å²) in [5, 5.41) is 6.01. The van der Waals surface area contributed by atoms with Crippen molar-refractivity contribution in [2.45, 2.75) is 25.9 Å². The van der Waals surface area contributed by atoms with Gasteiger partial charge in [0, 0.05) is 35.7 Å². The van der Waals surface area contributed by atoms with Crippen LogP contribution in [-0.4, -0.2) is 48.4 Å². The molecule has 2 amide bonds. The van der Waals surface area contributed by atoms with E-state index in [2.05, 4.69) is 26.6 Å². The van der Waals surface area contributed by atoms with E-state index >= 15 is 0 Å². The van der Waals surface area contributed by atoms with Crippen LogP contribution in [0.2, 0.25) is 0 Å². The van der Waals surface area contributed by atoms with Gasteiger partial charge in [0.2, 0.25) is 5.91 Å². The minimum absolute atomic E-state index is 0.0329. The number of hydrogen-bond acceptors (Lipinski definition) is 3. The number of hydrogen-bond donors (Lipinski definition) is 2. The Hall–Kier alpha value is -1.40. The van der Waals surface area contributed by atoms with Gasteiger partial charge in [0.1, 0.15) is 6.04 Å². The first-order chi connectivity index (χ1) is 9.99. The fraction of sp³-hybridized carbons (Fsp3) is 0.467. The Bertz CT molecular complexity index is 518. The van der Waals surface area contributed by atoms with E-state index in [0.717, 1.165) is 17.6 Å². The molecule has 1 aromatic carbocycles. The Morgan fingerprint density at radius 1 is 1.38 bits per heavy atom. The summed E-state index contributed by atoms with van der Waals surface area (Å²) in [6, 6.07) is 6.69. The summed E-state index contributed by atoms with van der Waals surface area (Å²) in [6.45, 7) is 6.00. The molecule has 1 aromatic rings. The van der Waals surface area contributed by atoms with Crippen LogP contribution in [-0.2, 0) is 4.79 Å². The smallest absolute Gasteiger partial charge is 0.251 e. The molecule has 1 fully saturated rings. The highest BCUT2D eigenvalue weighted by atomic mass is 79.9. The first-order valence-electron chi connectivity index (χ1n) is 7.06. The first-order valence-corrected chi connectivity index (χ1v) is 7.86. The van der Waals surface area contributed by atoms with Crippen LogP contribution in [0.15, 0.2) is 28.7 Å². The van der Waals surface area contributed by atoms with Crippen molar-refractivity contribution < 1.29 is 9.59 Å². The van der Waals surface area contributed by atoms with Crippen LogP contribution in [0.25, 0.3) is 0 Å². The van der Waals surface area contributed by atoms with Crippen LogP contribution in [0, 0.1) is 0 Å². The van der Waals surface area contributed by atoms with E-state index in [1.54, 1.807) is 31.2 Å². The van der Waals surface area contributed by atoms with E-state index in [4.69, 9.17) is 0 Å². The molecule has 0 saturated carbocycles. The van der Waals surface area contributed by atoms with Gasteiger partial charge in [-0.25, -0.2) is 0 Å². The van der Waals surface area contributed by atoms with Crippen molar-refractivity contribution in [1.82, 2.24) is 15.5 Å². The van der Waals surface area contributed by atoms with Crippen LogP contribution in [0.4, 0.5) is 0 Å². The van der Waals surface area contributed by atoms with Gasteiger partial charge >= 0.3 is 0 Å². The number of carbonyl (C=O) groups excluding carboxylic acids is 2. The van der Waals surface area contributed by atoms with Gasteiger partial charge in [-0.3, -0.25) is 9.59 Å². The molecule has 0 spiro atoms. The highest BCUT2D eigenvalue weighted by Crippen LogP contribution is 2.11. The van der Waals surface area contributed by atoms with Crippen LogP contribution in [0.5, 0.6) is 0 Å². The van der Waals surface area contributed by atoms with E-state index in [1.165, 1.54) is 0 Å². The summed E-state index contributed by atoms with van der Waals surface area (Å²) in [4.78, 5) is 26.4. The number of halogens is 1. The van der Waals surface area contributed by atoms with Gasteiger partial charge in [-0.1, -0.05) is 15.9 Å². The lowest BCUT2D eigenvalue weighted by Gasteiger charge is -2.35. The first kappa shape index (κ1) is 16.0. The Balaban J connectivity index is 1.96. The Morgan fingerprint density at radius 2 is 2.05 bits per heavy atom. The summed E-state index contributed by atoms with van der Waals surface area (Å²) in [7, 11) is 0. The van der Waals surface area contributed by atoms with Crippen molar-refractivity contribution in [2.75, 3.05) is 19.6 Å². The summed E-state index contributed by atoms with van der Waals surface area (Å²) in [5.41, 5.74) is 0.547. The van der Waals surface area contributed by atoms with Gasteiger partial charge in [-0.15, -0.1) is 0 Å². The third-order valence-corrected chi connectivity index (χ3v) is 4.14. The normalized spacial score (nSPS) is 20.0. The van der Waals surface area contributed by atoms with Crippen molar-refractivity contribution in [3.05, 3.63) is 34.3 Å². The summed E-state index contributed by atoms with van der Waals surface area (Å²) in [5.74, 6) is -0.263. The Kier molecular flexibility index (Phi) is 5.36. The molecule has 21 heavy (non-hydrogen) atoms. The average Bonchev–Trinajstić information content (AvgIpc) is 2.47. The molecular weight excluding hydrogens is 334 g/mol. The second-order valence-corrected chi connectivity index (χ2v) is 6.20. The molecule has 0 aliphatic carbocycles. The van der Waals surface area contributed by atoms with E-state index in [0.29, 0.717) is 12.1 Å². The monoisotopic (exact) mass is 353 g/mol. The third kappa shape index (κ3) is 4.04. The zero-order valence-corrected chi connectivity index (χ0v) is 13.8. The molecule has 5 nitrogen and oxygen atoms in total. The maximum atomic E-state index is 12.4. The van der Waals surface area contributed by atoms with E-state index in [9.17, 15) is 9.59 Å². The number of nitrogens with one attached hydrogen (secondary N) is 2. The van der Waals surface area contributed by atoms with Gasteiger partial charge in [0.05, 0.1) is 0 Å². The molecule has 114 valence electrons. The summed E-state index contributed by atoms with van der Waals surface area (Å²) in [6.07, 6.45) is 0. The van der Waals surface area contributed by atoms with Crippen LogP contribution < -0.4 is 10.6 Å². The maximum Gasteiger partial charge on any atom is 0.251 e. The molecule has 1 aliphatic heterocycles. The molecule has 1 heterocycles. The maximum absolute atomic E-state index is 12.4. The lowest BCUT2D eigenvalue weighted by atomic mass is 10.1. The van der Waals surface area contributed by atoms with Crippen molar-refractivity contribution >= 4 is 27.7 Å². The molecule has 1 saturated heterocycles. The number of carbonyl (C=O) groups is 2. The molecule has 1 aliphatic rings. The lowest BCUT2D eigenvalue weighted by Crippen LogP contribution is -2.57. The number of rotatable bonds is 3. The highest BCUT2D eigenvalue weighted by Gasteiger charge is 2.27. The molecule has 2 N–H and O–H groups in total. The second-order valence-electron chi connectivity index (χ2n) is 5.29. The molecular formula is C15H20BrN3O2. The molecule has 2 atom stereocenters. The Labute approximate surface area is 133 Å². The summed E-state index contributed by atoms with van der Waals surface area (Å²) >= 11 is 3.33. The third-order valence-electron chi connectivity index (χ3n) is 3.61. The van der Waals surface area contributed by atoms with Crippen molar-refractivity contribution in [2.24, 2.45) is 0 Å². The lowest BCUT2D eigenvalue weighted by molar-refractivity contribution is -0.135. The summed E-state index contributed by atoms with van der Waals surface area (Å²) < 4.78 is 0.915. The van der Waals surface area contributed by atoms with Crippen molar-refractivity contribution in [3.63, 3.8) is 0 Å². The quantitative estimate of drug-likeness (QED) is 0.863. The number of benzene rings is 1. The van der Waals surface area contributed by atoms with E-state index < -0.39 is 6.04 Å². The van der Waals surface area contributed by atoms with Crippen LogP contribution in [0.1, 0.15) is 24.2 Å². The minimum atomic E-state index is -0.526. The largest absolute Gasteiger partial charge is 0.341 e.